The Balaban J connectivity index is 1.42. The van der Waals surface area contributed by atoms with Crippen molar-refractivity contribution in [3.05, 3.63) is 88.9 Å². The highest BCUT2D eigenvalue weighted by Gasteiger charge is 2.10. The predicted molar refractivity (Wildman–Crippen MR) is 119 cm³/mol. The van der Waals surface area contributed by atoms with E-state index in [-0.39, 0.29) is 0 Å². The molecule has 0 N–H and O–H groups in total. The lowest BCUT2D eigenvalue weighted by atomic mass is 10.2. The Labute approximate surface area is 176 Å². The molecule has 0 bridgehead atoms. The van der Waals surface area contributed by atoms with Gasteiger partial charge in [0.05, 0.1) is 18.9 Å². The van der Waals surface area contributed by atoms with Gasteiger partial charge in [0.25, 0.3) is 0 Å². The van der Waals surface area contributed by atoms with E-state index in [0.29, 0.717) is 6.61 Å². The number of anilines is 1. The summed E-state index contributed by atoms with van der Waals surface area (Å²) >= 11 is 5.94. The molecular weight excluding hydrogens is 384 g/mol. The molecule has 1 saturated heterocycles. The molecule has 1 aliphatic heterocycles. The van der Waals surface area contributed by atoms with Gasteiger partial charge in [-0.25, -0.2) is 0 Å². The van der Waals surface area contributed by atoms with Crippen LogP contribution in [0.5, 0.6) is 5.75 Å². The Morgan fingerprint density at radius 1 is 0.931 bits per heavy atom. The van der Waals surface area contributed by atoms with Crippen LogP contribution >= 0.6 is 11.6 Å². The Kier molecular flexibility index (Phi) is 6.45. The standard InChI is InChI=1S/C24H23ClN2O2/c25-21-7-5-19(6-8-21)18-29-24-4-2-1-3-20(24)17-26-22-9-11-23(12-10-22)27-13-15-28-16-14-27/h1-12,17H,13-16,18H2. The van der Waals surface area contributed by atoms with Crippen LogP contribution in [0.3, 0.4) is 0 Å². The first-order valence-electron chi connectivity index (χ1n) is 9.71. The molecule has 4 rings (SSSR count). The zero-order valence-corrected chi connectivity index (χ0v) is 16.9. The summed E-state index contributed by atoms with van der Waals surface area (Å²) in [6, 6.07) is 23.9. The van der Waals surface area contributed by atoms with Gasteiger partial charge in [-0.3, -0.25) is 4.99 Å². The van der Waals surface area contributed by atoms with Gasteiger partial charge in [0, 0.05) is 35.6 Å². The van der Waals surface area contributed by atoms with Crippen molar-refractivity contribution in [3.63, 3.8) is 0 Å². The molecule has 0 spiro atoms. The van der Waals surface area contributed by atoms with E-state index < -0.39 is 0 Å². The van der Waals surface area contributed by atoms with Crippen molar-refractivity contribution in [3.8, 4) is 5.75 Å². The minimum Gasteiger partial charge on any atom is -0.488 e. The molecule has 3 aromatic rings. The maximum Gasteiger partial charge on any atom is 0.128 e. The van der Waals surface area contributed by atoms with Crippen LogP contribution < -0.4 is 9.64 Å². The van der Waals surface area contributed by atoms with Crippen molar-refractivity contribution in [2.75, 3.05) is 31.2 Å². The zero-order valence-electron chi connectivity index (χ0n) is 16.1. The fourth-order valence-corrected chi connectivity index (χ4v) is 3.30. The Morgan fingerprint density at radius 3 is 2.41 bits per heavy atom. The van der Waals surface area contributed by atoms with E-state index in [2.05, 4.69) is 22.0 Å². The van der Waals surface area contributed by atoms with Gasteiger partial charge in [-0.15, -0.1) is 0 Å². The lowest BCUT2D eigenvalue weighted by Crippen LogP contribution is -2.36. The van der Waals surface area contributed by atoms with Gasteiger partial charge in [-0.05, 0) is 54.1 Å². The molecule has 0 saturated carbocycles. The highest BCUT2D eigenvalue weighted by molar-refractivity contribution is 6.30. The predicted octanol–water partition coefficient (Wildman–Crippen LogP) is 5.51. The normalized spacial score (nSPS) is 14.3. The Morgan fingerprint density at radius 2 is 1.66 bits per heavy atom. The molecular formula is C24H23ClN2O2. The van der Waals surface area contributed by atoms with Gasteiger partial charge in [-0.2, -0.15) is 0 Å². The third kappa shape index (κ3) is 5.37. The van der Waals surface area contributed by atoms with Crippen molar-refractivity contribution < 1.29 is 9.47 Å². The van der Waals surface area contributed by atoms with Crippen LogP contribution in [0.1, 0.15) is 11.1 Å². The molecule has 0 atom stereocenters. The number of morpholine rings is 1. The van der Waals surface area contributed by atoms with Crippen molar-refractivity contribution in [2.45, 2.75) is 6.61 Å². The molecule has 0 unspecified atom stereocenters. The van der Waals surface area contributed by atoms with Crippen LogP contribution in [0.15, 0.2) is 77.8 Å². The monoisotopic (exact) mass is 406 g/mol. The van der Waals surface area contributed by atoms with E-state index in [1.54, 1.807) is 0 Å². The number of rotatable bonds is 6. The average molecular weight is 407 g/mol. The molecule has 0 radical (unpaired) electrons. The molecule has 148 valence electrons. The number of aliphatic imine (C=N–C) groups is 1. The summed E-state index contributed by atoms with van der Waals surface area (Å²) in [4.78, 5) is 6.95. The summed E-state index contributed by atoms with van der Waals surface area (Å²) in [5.41, 5.74) is 4.13. The van der Waals surface area contributed by atoms with Gasteiger partial charge in [0.2, 0.25) is 0 Å². The highest BCUT2D eigenvalue weighted by Crippen LogP contribution is 2.23. The molecule has 5 heteroatoms. The summed E-state index contributed by atoms with van der Waals surface area (Å²) in [5.74, 6) is 0.802. The molecule has 4 nitrogen and oxygen atoms in total. The molecule has 1 aliphatic rings. The van der Waals surface area contributed by atoms with Crippen molar-refractivity contribution in [2.24, 2.45) is 4.99 Å². The molecule has 3 aromatic carbocycles. The molecule has 0 amide bonds. The number of nitrogens with zero attached hydrogens (tertiary/aromatic N) is 2. The summed E-state index contributed by atoms with van der Waals surface area (Å²) < 4.78 is 11.4. The summed E-state index contributed by atoms with van der Waals surface area (Å²) in [7, 11) is 0. The zero-order chi connectivity index (χ0) is 19.9. The van der Waals surface area contributed by atoms with Crippen molar-refractivity contribution in [1.29, 1.82) is 0 Å². The number of ether oxygens (including phenoxy) is 2. The van der Waals surface area contributed by atoms with Gasteiger partial charge in [0.1, 0.15) is 12.4 Å². The van der Waals surface area contributed by atoms with E-state index in [1.807, 2.05) is 66.9 Å². The number of hydrogen-bond donors (Lipinski definition) is 0. The fourth-order valence-electron chi connectivity index (χ4n) is 3.18. The molecule has 0 aliphatic carbocycles. The van der Waals surface area contributed by atoms with Gasteiger partial charge >= 0.3 is 0 Å². The topological polar surface area (TPSA) is 34.1 Å². The van der Waals surface area contributed by atoms with E-state index in [4.69, 9.17) is 21.1 Å². The second kappa shape index (κ2) is 9.59. The molecule has 1 fully saturated rings. The minimum atomic E-state index is 0.482. The maximum atomic E-state index is 6.00. The van der Waals surface area contributed by atoms with E-state index in [1.165, 1.54) is 5.69 Å². The lowest BCUT2D eigenvalue weighted by Gasteiger charge is -2.28. The summed E-state index contributed by atoms with van der Waals surface area (Å²) in [6.07, 6.45) is 1.85. The van der Waals surface area contributed by atoms with Crippen LogP contribution in [0.2, 0.25) is 5.02 Å². The Hall–Kier alpha value is -2.82. The lowest BCUT2D eigenvalue weighted by molar-refractivity contribution is 0.122. The average Bonchev–Trinajstić information content (AvgIpc) is 2.79. The quantitative estimate of drug-likeness (QED) is 0.506. The summed E-state index contributed by atoms with van der Waals surface area (Å²) in [5, 5.41) is 0.723. The molecule has 1 heterocycles. The van der Waals surface area contributed by atoms with Crippen LogP contribution in [-0.2, 0) is 11.3 Å². The van der Waals surface area contributed by atoms with E-state index >= 15 is 0 Å². The molecule has 29 heavy (non-hydrogen) atoms. The number of para-hydroxylation sites is 1. The number of benzene rings is 3. The first kappa shape index (κ1) is 19.5. The highest BCUT2D eigenvalue weighted by atomic mass is 35.5. The van der Waals surface area contributed by atoms with Crippen molar-refractivity contribution in [1.82, 2.24) is 0 Å². The van der Waals surface area contributed by atoms with Crippen LogP contribution in [0.4, 0.5) is 11.4 Å². The van der Waals surface area contributed by atoms with Crippen LogP contribution in [-0.4, -0.2) is 32.5 Å². The fraction of sp³-hybridized carbons (Fsp3) is 0.208. The van der Waals surface area contributed by atoms with E-state index in [0.717, 1.165) is 53.9 Å². The number of hydrogen-bond acceptors (Lipinski definition) is 4. The SMILES string of the molecule is Clc1ccc(COc2ccccc2C=Nc2ccc(N3CCOCC3)cc2)cc1. The first-order valence-corrected chi connectivity index (χ1v) is 10.1. The third-order valence-corrected chi connectivity index (χ3v) is 5.06. The summed E-state index contributed by atoms with van der Waals surface area (Å²) in [6.45, 7) is 3.91. The van der Waals surface area contributed by atoms with Crippen molar-refractivity contribution >= 4 is 29.2 Å². The van der Waals surface area contributed by atoms with Crippen LogP contribution in [0.25, 0.3) is 0 Å². The largest absolute Gasteiger partial charge is 0.488 e. The third-order valence-electron chi connectivity index (χ3n) is 4.81. The first-order chi connectivity index (χ1) is 14.3. The molecule has 0 aromatic heterocycles. The maximum absolute atomic E-state index is 6.00. The van der Waals surface area contributed by atoms with Crippen LogP contribution in [0, 0.1) is 0 Å². The van der Waals surface area contributed by atoms with Gasteiger partial charge < -0.3 is 14.4 Å². The smallest absolute Gasteiger partial charge is 0.128 e. The van der Waals surface area contributed by atoms with Gasteiger partial charge in [0.15, 0.2) is 0 Å². The second-order valence-electron chi connectivity index (χ2n) is 6.83. The minimum absolute atomic E-state index is 0.482. The van der Waals surface area contributed by atoms with Gasteiger partial charge in [-0.1, -0.05) is 35.9 Å². The Bertz CT molecular complexity index is 949. The number of halogens is 1. The second-order valence-corrected chi connectivity index (χ2v) is 7.26. The van der Waals surface area contributed by atoms with E-state index in [9.17, 15) is 0 Å².